The largest absolute Gasteiger partial charge is 0.462 e. The molecule has 0 spiro atoms. The molecule has 0 amide bonds. The fourth-order valence-corrected chi connectivity index (χ4v) is 0.812. The predicted molar refractivity (Wildman–Crippen MR) is 32.4 cm³/mol. The van der Waals surface area contributed by atoms with E-state index in [-0.39, 0.29) is 0 Å². The average molecular weight is 139 g/mol. The molecule has 1 fully saturated rings. The van der Waals surface area contributed by atoms with Gasteiger partial charge in [-0.15, -0.1) is 0 Å². The van der Waals surface area contributed by atoms with Crippen LogP contribution in [-0.2, 0) is 14.2 Å². The first-order chi connectivity index (χ1) is 4.97. The first-order valence-corrected chi connectivity index (χ1v) is 3.15. The Bertz CT molecular complexity index is 179. The van der Waals surface area contributed by atoms with E-state index in [1.165, 1.54) is 12.5 Å². The van der Waals surface area contributed by atoms with Crippen LogP contribution in [0.5, 0.6) is 0 Å². The van der Waals surface area contributed by atoms with Crippen molar-refractivity contribution in [2.75, 3.05) is 13.2 Å². The molecule has 0 aromatic heterocycles. The summed E-state index contributed by atoms with van der Waals surface area (Å²) in [7, 11) is 0. The van der Waals surface area contributed by atoms with Crippen molar-refractivity contribution < 1.29 is 14.2 Å². The quantitative estimate of drug-likeness (QED) is 0.537. The molecule has 0 aliphatic carbocycles. The Morgan fingerprint density at radius 2 is 2.30 bits per heavy atom. The van der Waals surface area contributed by atoms with Crippen molar-refractivity contribution in [3.05, 3.63) is 24.5 Å². The minimum Gasteiger partial charge on any atom is -0.462 e. The van der Waals surface area contributed by atoms with Crippen LogP contribution in [0.3, 0.4) is 0 Å². The van der Waals surface area contributed by atoms with Crippen LogP contribution in [0.15, 0.2) is 18.3 Å². The lowest BCUT2D eigenvalue weighted by molar-refractivity contribution is -0.0370. The number of rotatable bonds is 1. The summed E-state index contributed by atoms with van der Waals surface area (Å²) in [5, 5.41) is 0. The van der Waals surface area contributed by atoms with Gasteiger partial charge in [0.2, 0.25) is 6.26 Å². The molecule has 10 heavy (non-hydrogen) atoms. The molecule has 0 aromatic rings. The van der Waals surface area contributed by atoms with Crippen molar-refractivity contribution in [3.63, 3.8) is 0 Å². The Morgan fingerprint density at radius 3 is 2.80 bits per heavy atom. The number of hydrogen-bond donors (Lipinski definition) is 0. The lowest BCUT2D eigenvalue weighted by Gasteiger charge is -2.27. The Balaban J connectivity index is 1.96. The first kappa shape index (κ1) is 5.80. The minimum absolute atomic E-state index is 0.352. The zero-order valence-corrected chi connectivity index (χ0v) is 5.37. The van der Waals surface area contributed by atoms with Crippen molar-refractivity contribution in [2.45, 2.75) is 0 Å². The SMILES string of the molecule is [C]1=C(C2COC2)OC=CO1. The molecule has 0 atom stereocenters. The van der Waals surface area contributed by atoms with Crippen LogP contribution in [0.25, 0.3) is 0 Å². The third kappa shape index (κ3) is 0.885. The molecule has 1 saturated heterocycles. The van der Waals surface area contributed by atoms with E-state index < -0.39 is 0 Å². The Labute approximate surface area is 58.9 Å². The highest BCUT2D eigenvalue weighted by molar-refractivity contribution is 4.99. The molecule has 53 valence electrons. The maximum atomic E-state index is 5.10. The van der Waals surface area contributed by atoms with E-state index in [4.69, 9.17) is 14.2 Å². The molecule has 0 unspecified atom stereocenters. The van der Waals surface area contributed by atoms with Gasteiger partial charge >= 0.3 is 0 Å². The fourth-order valence-electron chi connectivity index (χ4n) is 0.812. The van der Waals surface area contributed by atoms with Crippen molar-refractivity contribution >= 4 is 0 Å². The molecule has 2 heterocycles. The Morgan fingerprint density at radius 1 is 1.40 bits per heavy atom. The van der Waals surface area contributed by atoms with Crippen LogP contribution in [0.4, 0.5) is 0 Å². The highest BCUT2D eigenvalue weighted by Crippen LogP contribution is 2.22. The zero-order chi connectivity index (χ0) is 6.81. The molecule has 0 saturated carbocycles. The van der Waals surface area contributed by atoms with Gasteiger partial charge in [0.25, 0.3) is 0 Å². The highest BCUT2D eigenvalue weighted by Gasteiger charge is 2.25. The summed E-state index contributed by atoms with van der Waals surface area (Å²) in [5.74, 6) is 1.10. The molecule has 1 radical (unpaired) electrons. The lowest BCUT2D eigenvalue weighted by atomic mass is 10.1. The van der Waals surface area contributed by atoms with Crippen LogP contribution < -0.4 is 0 Å². The molecule has 0 N–H and O–H groups in total. The van der Waals surface area contributed by atoms with E-state index in [0.717, 1.165) is 19.0 Å². The van der Waals surface area contributed by atoms with Gasteiger partial charge in [-0.1, -0.05) is 0 Å². The molecular weight excluding hydrogens is 132 g/mol. The normalized spacial score (nSPS) is 24.2. The summed E-state index contributed by atoms with van der Waals surface area (Å²) in [5.41, 5.74) is 0. The molecule has 3 heteroatoms. The monoisotopic (exact) mass is 139 g/mol. The maximum Gasteiger partial charge on any atom is 0.211 e. The third-order valence-corrected chi connectivity index (χ3v) is 1.49. The molecule has 2 aliphatic rings. The molecular formula is C7H7O3. The van der Waals surface area contributed by atoms with Gasteiger partial charge in [0.15, 0.2) is 5.76 Å². The molecule has 0 aromatic carbocycles. The summed E-state index contributed by atoms with van der Waals surface area (Å²) in [6.45, 7) is 1.44. The van der Waals surface area contributed by atoms with E-state index in [9.17, 15) is 0 Å². The minimum atomic E-state index is 0.352. The van der Waals surface area contributed by atoms with Crippen molar-refractivity contribution in [3.8, 4) is 0 Å². The molecule has 3 nitrogen and oxygen atoms in total. The van der Waals surface area contributed by atoms with Gasteiger partial charge in [-0.2, -0.15) is 0 Å². The van der Waals surface area contributed by atoms with Crippen LogP contribution in [0.2, 0.25) is 0 Å². The summed E-state index contributed by atoms with van der Waals surface area (Å²) >= 11 is 0. The second kappa shape index (κ2) is 2.34. The van der Waals surface area contributed by atoms with Crippen molar-refractivity contribution in [1.29, 1.82) is 0 Å². The standard InChI is InChI=1S/C7H7O3/c1-2-10-7(5-8-1)6-3-9-4-6/h1-2,6H,3-4H2. The summed E-state index contributed by atoms with van der Waals surface area (Å²) in [6.07, 6.45) is 5.60. The second-order valence-corrected chi connectivity index (χ2v) is 2.21. The van der Waals surface area contributed by atoms with Gasteiger partial charge in [0.1, 0.15) is 12.5 Å². The first-order valence-electron chi connectivity index (χ1n) is 3.15. The van der Waals surface area contributed by atoms with E-state index >= 15 is 0 Å². The zero-order valence-electron chi connectivity index (χ0n) is 5.37. The van der Waals surface area contributed by atoms with E-state index in [1.54, 1.807) is 0 Å². The van der Waals surface area contributed by atoms with Crippen molar-refractivity contribution in [1.82, 2.24) is 0 Å². The van der Waals surface area contributed by atoms with Gasteiger partial charge in [0, 0.05) is 0 Å². The number of hydrogen-bond acceptors (Lipinski definition) is 3. The van der Waals surface area contributed by atoms with Gasteiger partial charge in [0.05, 0.1) is 19.1 Å². The van der Waals surface area contributed by atoms with Gasteiger partial charge in [-0.3, -0.25) is 0 Å². The predicted octanol–water partition coefficient (Wildman–Crippen LogP) is 0.795. The van der Waals surface area contributed by atoms with Crippen LogP contribution in [0, 0.1) is 12.2 Å². The van der Waals surface area contributed by atoms with Gasteiger partial charge < -0.3 is 14.2 Å². The third-order valence-electron chi connectivity index (χ3n) is 1.49. The average Bonchev–Trinajstić information content (AvgIpc) is 1.86. The smallest absolute Gasteiger partial charge is 0.211 e. The fraction of sp³-hybridized carbons (Fsp3) is 0.429. The maximum absolute atomic E-state index is 5.10. The molecule has 0 bridgehead atoms. The van der Waals surface area contributed by atoms with Gasteiger partial charge in [-0.25, -0.2) is 0 Å². The topological polar surface area (TPSA) is 27.7 Å². The molecule has 2 rings (SSSR count). The highest BCUT2D eigenvalue weighted by atomic mass is 16.5. The van der Waals surface area contributed by atoms with E-state index in [1.807, 2.05) is 0 Å². The van der Waals surface area contributed by atoms with E-state index in [0.29, 0.717) is 5.92 Å². The van der Waals surface area contributed by atoms with Crippen molar-refractivity contribution in [2.24, 2.45) is 5.92 Å². The van der Waals surface area contributed by atoms with Crippen LogP contribution >= 0.6 is 0 Å². The van der Waals surface area contributed by atoms with Crippen LogP contribution in [0.1, 0.15) is 0 Å². The lowest BCUT2D eigenvalue weighted by Crippen LogP contribution is -2.30. The molecule has 2 aliphatic heterocycles. The summed E-state index contributed by atoms with van der Waals surface area (Å²) in [4.78, 5) is 0. The second-order valence-electron chi connectivity index (χ2n) is 2.21. The van der Waals surface area contributed by atoms with Crippen LogP contribution in [-0.4, -0.2) is 13.2 Å². The summed E-state index contributed by atoms with van der Waals surface area (Å²) < 4.78 is 14.9. The number of ether oxygens (including phenoxy) is 3. The Hall–Kier alpha value is -0.960. The van der Waals surface area contributed by atoms with Gasteiger partial charge in [-0.05, 0) is 0 Å². The Kier molecular flexibility index (Phi) is 1.36. The summed E-state index contributed by atoms with van der Waals surface area (Å²) in [6, 6.07) is 0. The van der Waals surface area contributed by atoms with E-state index in [2.05, 4.69) is 6.26 Å².